The van der Waals surface area contributed by atoms with Crippen LogP contribution in [-0.4, -0.2) is 39.7 Å². The molecule has 19 heavy (non-hydrogen) atoms. The SMILES string of the molecule is NCCSC(=O)[C@@H](CC(=O)CCN)Cc1cnc[nH]1. The third kappa shape index (κ3) is 6.00. The maximum absolute atomic E-state index is 12.1. The van der Waals surface area contributed by atoms with Crippen molar-refractivity contribution >= 4 is 22.7 Å². The van der Waals surface area contributed by atoms with Crippen LogP contribution in [-0.2, 0) is 16.0 Å². The number of imidazole rings is 1. The smallest absolute Gasteiger partial charge is 0.192 e. The van der Waals surface area contributed by atoms with Crippen LogP contribution in [0.4, 0.5) is 0 Å². The van der Waals surface area contributed by atoms with Crippen molar-refractivity contribution in [3.63, 3.8) is 0 Å². The summed E-state index contributed by atoms with van der Waals surface area (Å²) in [6.45, 7) is 0.768. The molecule has 1 atom stereocenters. The van der Waals surface area contributed by atoms with Crippen molar-refractivity contribution in [1.82, 2.24) is 9.97 Å². The molecule has 0 fully saturated rings. The van der Waals surface area contributed by atoms with E-state index in [1.165, 1.54) is 11.8 Å². The van der Waals surface area contributed by atoms with Gasteiger partial charge in [0.2, 0.25) is 0 Å². The van der Waals surface area contributed by atoms with Gasteiger partial charge < -0.3 is 16.5 Å². The number of aromatic amines is 1. The Kier molecular flexibility index (Phi) is 7.39. The van der Waals surface area contributed by atoms with E-state index in [0.717, 1.165) is 5.69 Å². The molecule has 0 aliphatic rings. The molecule has 1 rings (SSSR count). The lowest BCUT2D eigenvalue weighted by molar-refractivity contribution is -0.123. The molecule has 1 aromatic rings. The highest BCUT2D eigenvalue weighted by atomic mass is 32.2. The Morgan fingerprint density at radius 3 is 2.74 bits per heavy atom. The summed E-state index contributed by atoms with van der Waals surface area (Å²) in [6, 6.07) is 0. The van der Waals surface area contributed by atoms with Crippen molar-refractivity contribution in [3.8, 4) is 0 Å². The van der Waals surface area contributed by atoms with Crippen molar-refractivity contribution in [2.75, 3.05) is 18.8 Å². The molecule has 0 bridgehead atoms. The van der Waals surface area contributed by atoms with Gasteiger partial charge in [0.05, 0.1) is 6.33 Å². The van der Waals surface area contributed by atoms with Crippen molar-refractivity contribution in [2.45, 2.75) is 19.3 Å². The highest BCUT2D eigenvalue weighted by molar-refractivity contribution is 8.13. The lowest BCUT2D eigenvalue weighted by Gasteiger charge is -2.13. The number of nitrogens with two attached hydrogens (primary N) is 2. The van der Waals surface area contributed by atoms with Crippen LogP contribution in [0, 0.1) is 5.92 Å². The summed E-state index contributed by atoms with van der Waals surface area (Å²) in [5.41, 5.74) is 11.6. The van der Waals surface area contributed by atoms with E-state index in [0.29, 0.717) is 31.7 Å². The van der Waals surface area contributed by atoms with E-state index in [1.54, 1.807) is 12.5 Å². The van der Waals surface area contributed by atoms with Gasteiger partial charge in [0, 0.05) is 49.4 Å². The normalized spacial score (nSPS) is 12.3. The summed E-state index contributed by atoms with van der Waals surface area (Å²) in [6.07, 6.45) is 4.26. The van der Waals surface area contributed by atoms with Crippen LogP contribution >= 0.6 is 11.8 Å². The predicted octanol–water partition coefficient (Wildman–Crippen LogP) is 0.0949. The van der Waals surface area contributed by atoms with Gasteiger partial charge in [-0.05, 0) is 6.54 Å². The highest BCUT2D eigenvalue weighted by Crippen LogP contribution is 2.19. The molecule has 0 amide bonds. The maximum atomic E-state index is 12.1. The van der Waals surface area contributed by atoms with E-state index >= 15 is 0 Å². The van der Waals surface area contributed by atoms with Gasteiger partial charge in [-0.1, -0.05) is 11.8 Å². The van der Waals surface area contributed by atoms with E-state index in [4.69, 9.17) is 11.5 Å². The molecular weight excluding hydrogens is 264 g/mol. The molecule has 0 aromatic carbocycles. The number of hydrogen-bond acceptors (Lipinski definition) is 6. The number of nitrogens with zero attached hydrogens (tertiary/aromatic N) is 1. The number of H-pyrrole nitrogens is 1. The van der Waals surface area contributed by atoms with Gasteiger partial charge in [-0.2, -0.15) is 0 Å². The Hall–Kier alpha value is -1.18. The number of ketones is 1. The van der Waals surface area contributed by atoms with Crippen LogP contribution in [0.2, 0.25) is 0 Å². The van der Waals surface area contributed by atoms with Crippen LogP contribution in [0.15, 0.2) is 12.5 Å². The summed E-state index contributed by atoms with van der Waals surface area (Å²) < 4.78 is 0. The first-order valence-corrected chi connectivity index (χ1v) is 7.21. The minimum Gasteiger partial charge on any atom is -0.348 e. The zero-order valence-electron chi connectivity index (χ0n) is 10.8. The number of hydrogen-bond donors (Lipinski definition) is 3. The Balaban J connectivity index is 2.61. The third-order valence-electron chi connectivity index (χ3n) is 2.61. The molecule has 0 saturated carbocycles. The van der Waals surface area contributed by atoms with Crippen LogP contribution in [0.1, 0.15) is 18.5 Å². The fraction of sp³-hybridized carbons (Fsp3) is 0.583. The summed E-state index contributed by atoms with van der Waals surface area (Å²) in [4.78, 5) is 30.6. The van der Waals surface area contributed by atoms with Gasteiger partial charge in [0.15, 0.2) is 5.12 Å². The number of rotatable bonds is 9. The molecule has 0 aliphatic heterocycles. The molecule has 7 heteroatoms. The van der Waals surface area contributed by atoms with Gasteiger partial charge in [-0.3, -0.25) is 9.59 Å². The minimum atomic E-state index is -0.337. The van der Waals surface area contributed by atoms with Crippen molar-refractivity contribution in [3.05, 3.63) is 18.2 Å². The molecule has 1 aromatic heterocycles. The van der Waals surface area contributed by atoms with Crippen LogP contribution in [0.25, 0.3) is 0 Å². The lowest BCUT2D eigenvalue weighted by atomic mass is 9.97. The van der Waals surface area contributed by atoms with E-state index in [2.05, 4.69) is 9.97 Å². The highest BCUT2D eigenvalue weighted by Gasteiger charge is 2.22. The Morgan fingerprint density at radius 2 is 2.16 bits per heavy atom. The quantitative estimate of drug-likeness (QED) is 0.592. The number of nitrogens with one attached hydrogen (secondary N) is 1. The second-order valence-corrected chi connectivity index (χ2v) is 5.31. The molecule has 6 nitrogen and oxygen atoms in total. The second kappa shape index (κ2) is 8.84. The van der Waals surface area contributed by atoms with Gasteiger partial charge in [0.1, 0.15) is 5.78 Å². The van der Waals surface area contributed by atoms with Crippen molar-refractivity contribution < 1.29 is 9.59 Å². The molecule has 106 valence electrons. The van der Waals surface area contributed by atoms with Gasteiger partial charge in [0.25, 0.3) is 0 Å². The number of carbonyl (C=O) groups is 2. The van der Waals surface area contributed by atoms with Gasteiger partial charge >= 0.3 is 0 Å². The molecule has 1 heterocycles. The largest absolute Gasteiger partial charge is 0.348 e. The molecule has 0 radical (unpaired) electrons. The fourth-order valence-corrected chi connectivity index (χ4v) is 2.44. The zero-order valence-corrected chi connectivity index (χ0v) is 11.6. The summed E-state index contributed by atoms with van der Waals surface area (Å²) in [5.74, 6) is 0.258. The van der Waals surface area contributed by atoms with Crippen LogP contribution < -0.4 is 11.5 Å². The number of thioether (sulfide) groups is 1. The summed E-state index contributed by atoms with van der Waals surface area (Å²) >= 11 is 1.18. The lowest BCUT2D eigenvalue weighted by Crippen LogP contribution is -2.21. The van der Waals surface area contributed by atoms with Crippen LogP contribution in [0.5, 0.6) is 0 Å². The molecule has 0 aliphatic carbocycles. The Morgan fingerprint density at radius 1 is 1.37 bits per heavy atom. The predicted molar refractivity (Wildman–Crippen MR) is 75.6 cm³/mol. The van der Waals surface area contributed by atoms with E-state index in [-0.39, 0.29) is 23.2 Å². The van der Waals surface area contributed by atoms with Crippen LogP contribution in [0.3, 0.4) is 0 Å². The first-order valence-electron chi connectivity index (χ1n) is 6.23. The van der Waals surface area contributed by atoms with Gasteiger partial charge in [-0.25, -0.2) is 4.98 Å². The number of carbonyl (C=O) groups excluding carboxylic acids is 2. The molecule has 0 spiro atoms. The average Bonchev–Trinajstić information content (AvgIpc) is 2.88. The zero-order chi connectivity index (χ0) is 14.1. The monoisotopic (exact) mass is 284 g/mol. The van der Waals surface area contributed by atoms with Crippen molar-refractivity contribution in [2.24, 2.45) is 17.4 Å². The molecular formula is C12H20N4O2S. The summed E-state index contributed by atoms with van der Waals surface area (Å²) in [7, 11) is 0. The molecule has 5 N–H and O–H groups in total. The first-order chi connectivity index (χ1) is 9.17. The molecule has 0 saturated heterocycles. The molecule has 0 unspecified atom stereocenters. The topological polar surface area (TPSA) is 115 Å². The Bertz CT molecular complexity index is 394. The number of aromatic nitrogens is 2. The number of Topliss-reactive ketones (excluding diaryl/α,β-unsaturated/α-hetero) is 1. The second-order valence-electron chi connectivity index (χ2n) is 4.22. The maximum Gasteiger partial charge on any atom is 0.192 e. The fourth-order valence-electron chi connectivity index (χ4n) is 1.72. The van der Waals surface area contributed by atoms with E-state index < -0.39 is 0 Å². The standard InChI is InChI=1S/C12H20N4O2S/c13-2-1-11(17)6-9(12(18)19-4-3-14)5-10-7-15-8-16-10/h7-9H,1-6,13-14H2,(H,15,16)/t9-/m1/s1. The third-order valence-corrected chi connectivity index (χ3v) is 3.67. The van der Waals surface area contributed by atoms with E-state index in [1.807, 2.05) is 0 Å². The Labute approximate surface area is 116 Å². The minimum absolute atomic E-state index is 0.00502. The summed E-state index contributed by atoms with van der Waals surface area (Å²) in [5, 5.41) is 0.00502. The van der Waals surface area contributed by atoms with Crippen molar-refractivity contribution in [1.29, 1.82) is 0 Å². The van der Waals surface area contributed by atoms with E-state index in [9.17, 15) is 9.59 Å². The average molecular weight is 284 g/mol. The van der Waals surface area contributed by atoms with Gasteiger partial charge in [-0.15, -0.1) is 0 Å². The first kappa shape index (κ1) is 15.9.